The first-order valence-corrected chi connectivity index (χ1v) is 6.43. The highest BCUT2D eigenvalue weighted by molar-refractivity contribution is 6.01. The summed E-state index contributed by atoms with van der Waals surface area (Å²) in [5.41, 5.74) is 0.0643. The van der Waals surface area contributed by atoms with Crippen molar-refractivity contribution in [3.8, 4) is 0 Å². The number of ether oxygens (including phenoxy) is 3. The highest BCUT2D eigenvalue weighted by Gasteiger charge is 2.56. The zero-order chi connectivity index (χ0) is 14.7. The molecule has 1 aliphatic heterocycles. The first kappa shape index (κ1) is 13.3. The van der Waals surface area contributed by atoms with E-state index in [1.165, 1.54) is 7.11 Å². The summed E-state index contributed by atoms with van der Waals surface area (Å²) >= 11 is 0. The van der Waals surface area contributed by atoms with Crippen LogP contribution in [-0.4, -0.2) is 37.0 Å². The van der Waals surface area contributed by atoms with Gasteiger partial charge in [-0.1, -0.05) is 12.2 Å². The molecule has 1 heterocycles. The molecule has 0 aromatic rings. The molecule has 4 aliphatic rings. The molecule has 0 N–H and O–H groups in total. The van der Waals surface area contributed by atoms with Gasteiger partial charge in [-0.25, -0.2) is 4.79 Å². The zero-order valence-electron chi connectivity index (χ0n) is 11.4. The number of rotatable bonds is 2. The third-order valence-corrected chi connectivity index (χ3v) is 3.98. The van der Waals surface area contributed by atoms with Gasteiger partial charge in [0.05, 0.1) is 30.9 Å². The number of carbonyl (C=O) groups excluding carboxylic acids is 2. The van der Waals surface area contributed by atoms with Crippen LogP contribution in [0.3, 0.4) is 0 Å². The molecule has 0 aromatic carbocycles. The molecule has 2 bridgehead atoms. The summed E-state index contributed by atoms with van der Waals surface area (Å²) in [7, 11) is 1.22. The monoisotopic (exact) mass is 279 g/mol. The van der Waals surface area contributed by atoms with Crippen molar-refractivity contribution >= 4 is 11.9 Å². The summed E-state index contributed by atoms with van der Waals surface area (Å²) in [6.07, 6.45) is 2.74. The first-order chi connectivity index (χ1) is 9.35. The van der Waals surface area contributed by atoms with E-state index in [-0.39, 0.29) is 17.3 Å². The second kappa shape index (κ2) is 4.17. The summed E-state index contributed by atoms with van der Waals surface area (Å²) in [6.45, 7) is 3.53. The van der Waals surface area contributed by atoms with E-state index in [0.717, 1.165) is 0 Å². The van der Waals surface area contributed by atoms with Gasteiger partial charge in [0.15, 0.2) is 5.79 Å². The van der Waals surface area contributed by atoms with Crippen molar-refractivity contribution in [1.82, 2.24) is 0 Å². The van der Waals surface area contributed by atoms with Gasteiger partial charge < -0.3 is 24.1 Å². The van der Waals surface area contributed by atoms with Crippen LogP contribution >= 0.6 is 0 Å². The Labute approximate surface area is 116 Å². The Morgan fingerprint density at radius 2 is 1.65 bits per heavy atom. The van der Waals surface area contributed by atoms with E-state index < -0.39 is 35.7 Å². The van der Waals surface area contributed by atoms with E-state index in [4.69, 9.17) is 14.2 Å². The normalized spacial score (nSPS) is 37.0. The van der Waals surface area contributed by atoms with Gasteiger partial charge in [-0.3, -0.25) is 0 Å². The lowest BCUT2D eigenvalue weighted by atomic mass is 9.68. The molecule has 6 heteroatoms. The van der Waals surface area contributed by atoms with Crippen molar-refractivity contribution < 1.29 is 28.9 Å². The Hall–Kier alpha value is -1.66. The quantitative estimate of drug-likeness (QED) is 0.502. The number of aliphatic carboxylic acids is 1. The van der Waals surface area contributed by atoms with Gasteiger partial charge in [-0.15, -0.1) is 0 Å². The molecular formula is C14H15O6-. The molecule has 0 radical (unpaired) electrons. The molecular weight excluding hydrogens is 264 g/mol. The maximum absolute atomic E-state index is 11.9. The lowest BCUT2D eigenvalue weighted by Crippen LogP contribution is -2.50. The van der Waals surface area contributed by atoms with Crippen LogP contribution in [0.25, 0.3) is 0 Å². The molecule has 1 fully saturated rings. The van der Waals surface area contributed by atoms with Crippen molar-refractivity contribution in [3.05, 3.63) is 23.3 Å². The van der Waals surface area contributed by atoms with Crippen molar-refractivity contribution in [2.24, 2.45) is 11.8 Å². The zero-order valence-corrected chi connectivity index (χ0v) is 11.4. The average molecular weight is 279 g/mol. The Morgan fingerprint density at radius 1 is 1.15 bits per heavy atom. The van der Waals surface area contributed by atoms with Crippen molar-refractivity contribution in [2.45, 2.75) is 31.8 Å². The molecule has 0 unspecified atom stereocenters. The Bertz CT molecular complexity index is 544. The number of esters is 1. The maximum Gasteiger partial charge on any atom is 0.334 e. The number of hydrogen-bond acceptors (Lipinski definition) is 6. The fourth-order valence-corrected chi connectivity index (χ4v) is 3.31. The minimum absolute atomic E-state index is 0.0492. The maximum atomic E-state index is 11.9. The van der Waals surface area contributed by atoms with Crippen LogP contribution < -0.4 is 5.11 Å². The third-order valence-electron chi connectivity index (χ3n) is 3.98. The minimum Gasteiger partial charge on any atom is -0.545 e. The summed E-state index contributed by atoms with van der Waals surface area (Å²) < 4.78 is 16.3. The highest BCUT2D eigenvalue weighted by Crippen LogP contribution is 2.49. The predicted octanol–water partition coefficient (Wildman–Crippen LogP) is -0.458. The Morgan fingerprint density at radius 3 is 2.10 bits per heavy atom. The summed E-state index contributed by atoms with van der Waals surface area (Å²) in [5, 5.41) is 11.4. The van der Waals surface area contributed by atoms with E-state index in [1.807, 2.05) is 0 Å². The van der Waals surface area contributed by atoms with Gasteiger partial charge in [0.25, 0.3) is 0 Å². The summed E-state index contributed by atoms with van der Waals surface area (Å²) in [4.78, 5) is 23.3. The molecule has 4 rings (SSSR count). The van der Waals surface area contributed by atoms with Crippen LogP contribution in [0.15, 0.2) is 23.3 Å². The van der Waals surface area contributed by atoms with Crippen LogP contribution in [0, 0.1) is 11.8 Å². The highest BCUT2D eigenvalue weighted by atomic mass is 16.8. The molecule has 0 aromatic heterocycles. The van der Waals surface area contributed by atoms with Crippen LogP contribution in [0.1, 0.15) is 13.8 Å². The van der Waals surface area contributed by atoms with Gasteiger partial charge >= 0.3 is 5.97 Å². The third kappa shape index (κ3) is 1.72. The standard InChI is InChI=1S/C14H16O6/c1-14(2)19-10-6-4-5-7(11(10)20-14)9(13(17)18-3)8(6)12(15)16/h4-7,10-11H,1-3H3,(H,15,16)/p-1/t6-,7-,10+,11+/m1/s1. The van der Waals surface area contributed by atoms with Gasteiger partial charge in [0.1, 0.15) is 0 Å². The van der Waals surface area contributed by atoms with Crippen molar-refractivity contribution in [3.63, 3.8) is 0 Å². The van der Waals surface area contributed by atoms with Crippen molar-refractivity contribution in [1.29, 1.82) is 0 Å². The average Bonchev–Trinajstić information content (AvgIpc) is 2.73. The molecule has 0 spiro atoms. The molecule has 108 valence electrons. The molecule has 1 saturated heterocycles. The molecule has 20 heavy (non-hydrogen) atoms. The van der Waals surface area contributed by atoms with Gasteiger partial charge in [-0.2, -0.15) is 0 Å². The van der Waals surface area contributed by atoms with E-state index in [9.17, 15) is 14.7 Å². The number of carboxylic acids is 1. The lowest BCUT2D eigenvalue weighted by Gasteiger charge is -2.41. The van der Waals surface area contributed by atoms with E-state index in [2.05, 4.69) is 0 Å². The number of methoxy groups -OCH3 is 1. The van der Waals surface area contributed by atoms with Crippen molar-refractivity contribution in [2.75, 3.05) is 7.11 Å². The predicted molar refractivity (Wildman–Crippen MR) is 64.0 cm³/mol. The topological polar surface area (TPSA) is 84.9 Å². The van der Waals surface area contributed by atoms with Gasteiger partial charge in [-0.05, 0) is 19.4 Å². The fourth-order valence-electron chi connectivity index (χ4n) is 3.31. The molecule has 3 aliphatic carbocycles. The SMILES string of the molecule is COC(=O)C1=C(C(=O)[O-])[C@H]2C=C[C@H]1[C@@H]1OC(C)(C)O[C@H]12. The van der Waals surface area contributed by atoms with Crippen LogP contribution in [0.4, 0.5) is 0 Å². The molecule has 0 amide bonds. The van der Waals surface area contributed by atoms with E-state index in [1.54, 1.807) is 26.0 Å². The second-order valence-electron chi connectivity index (χ2n) is 5.61. The smallest absolute Gasteiger partial charge is 0.334 e. The Kier molecular flexibility index (Phi) is 2.78. The van der Waals surface area contributed by atoms with Crippen LogP contribution in [-0.2, 0) is 23.8 Å². The molecule has 6 nitrogen and oxygen atoms in total. The van der Waals surface area contributed by atoms with Gasteiger partial charge in [0, 0.05) is 11.8 Å². The van der Waals surface area contributed by atoms with E-state index in [0.29, 0.717) is 0 Å². The Balaban J connectivity index is 2.09. The summed E-state index contributed by atoms with van der Waals surface area (Å²) in [6, 6.07) is 0. The fraction of sp³-hybridized carbons (Fsp3) is 0.571. The minimum atomic E-state index is -1.36. The number of carbonyl (C=O) groups is 2. The number of hydrogen-bond donors (Lipinski definition) is 0. The molecule has 0 saturated carbocycles. The number of carboxylic acid groups (broad SMARTS) is 1. The van der Waals surface area contributed by atoms with Gasteiger partial charge in [0.2, 0.25) is 0 Å². The van der Waals surface area contributed by atoms with Crippen LogP contribution in [0.5, 0.6) is 0 Å². The second-order valence-corrected chi connectivity index (χ2v) is 5.61. The first-order valence-electron chi connectivity index (χ1n) is 6.43. The largest absolute Gasteiger partial charge is 0.545 e. The summed E-state index contributed by atoms with van der Waals surface area (Å²) in [5.74, 6) is -3.86. The lowest BCUT2D eigenvalue weighted by molar-refractivity contribution is -0.300. The molecule has 4 atom stereocenters. The van der Waals surface area contributed by atoms with E-state index >= 15 is 0 Å². The van der Waals surface area contributed by atoms with Crippen LogP contribution in [0.2, 0.25) is 0 Å².